The number of carboxylic acids is 1. The van der Waals surface area contributed by atoms with Crippen LogP contribution < -0.4 is 5.32 Å². The van der Waals surface area contributed by atoms with Crippen molar-refractivity contribution in [3.05, 3.63) is 30.0 Å². The highest BCUT2D eigenvalue weighted by molar-refractivity contribution is 9.11. The number of nitrogens with one attached hydrogen (secondary N) is 1. The normalized spacial score (nSPS) is 13.2. The fourth-order valence-corrected chi connectivity index (χ4v) is 3.30. The fraction of sp³-hybridized carbons (Fsp3) is 0.273. The number of carboxylic acid groups (broad SMARTS) is 1. The number of halogens is 2. The largest absolute Gasteiger partial charge is 0.476 e. The highest BCUT2D eigenvalue weighted by Crippen LogP contribution is 2.23. The SMILES string of the molecule is O=C(NC1CC1)c1ncsc1Br.O=C(O)c1ncsc1Br. The van der Waals surface area contributed by atoms with Gasteiger partial charge in [0.15, 0.2) is 11.4 Å². The van der Waals surface area contributed by atoms with E-state index in [2.05, 4.69) is 47.1 Å². The lowest BCUT2D eigenvalue weighted by molar-refractivity contribution is 0.0690. The second-order valence-corrected chi connectivity index (χ2v) is 8.35. The monoisotopic (exact) mass is 453 g/mol. The maximum Gasteiger partial charge on any atom is 0.356 e. The zero-order valence-corrected chi connectivity index (χ0v) is 15.2. The van der Waals surface area contributed by atoms with Crippen LogP contribution in [0.3, 0.4) is 0 Å². The molecular formula is C11H9Br2N3O3S2. The minimum atomic E-state index is -0.997. The first-order valence-electron chi connectivity index (χ1n) is 5.71. The van der Waals surface area contributed by atoms with Gasteiger partial charge >= 0.3 is 5.97 Å². The highest BCUT2D eigenvalue weighted by Gasteiger charge is 2.25. The summed E-state index contributed by atoms with van der Waals surface area (Å²) in [5, 5.41) is 11.2. The number of nitrogens with zero attached hydrogens (tertiary/aromatic N) is 2. The van der Waals surface area contributed by atoms with Gasteiger partial charge in [-0.15, -0.1) is 22.7 Å². The molecule has 2 aromatic rings. The summed E-state index contributed by atoms with van der Waals surface area (Å²) in [5.74, 6) is -1.06. The Hall–Kier alpha value is -0.840. The lowest BCUT2D eigenvalue weighted by Crippen LogP contribution is -2.25. The molecule has 3 rings (SSSR count). The first-order chi connectivity index (χ1) is 9.99. The molecule has 0 saturated heterocycles. The maximum absolute atomic E-state index is 11.4. The summed E-state index contributed by atoms with van der Waals surface area (Å²) in [6.07, 6.45) is 2.21. The Labute approximate surface area is 144 Å². The molecule has 2 heterocycles. The van der Waals surface area contributed by atoms with Crippen molar-refractivity contribution in [2.45, 2.75) is 18.9 Å². The lowest BCUT2D eigenvalue weighted by atomic mass is 10.4. The van der Waals surface area contributed by atoms with Crippen molar-refractivity contribution >= 4 is 66.4 Å². The summed E-state index contributed by atoms with van der Waals surface area (Å²) in [5.41, 5.74) is 3.73. The van der Waals surface area contributed by atoms with Gasteiger partial charge in [0, 0.05) is 6.04 Å². The molecule has 10 heteroatoms. The minimum Gasteiger partial charge on any atom is -0.476 e. The van der Waals surface area contributed by atoms with Crippen molar-refractivity contribution in [3.8, 4) is 0 Å². The molecule has 0 unspecified atom stereocenters. The van der Waals surface area contributed by atoms with Crippen LogP contribution in [0.4, 0.5) is 0 Å². The van der Waals surface area contributed by atoms with Gasteiger partial charge in [0.25, 0.3) is 5.91 Å². The predicted octanol–water partition coefficient (Wildman–Crippen LogP) is 3.40. The van der Waals surface area contributed by atoms with Crippen LogP contribution in [-0.4, -0.2) is 33.0 Å². The van der Waals surface area contributed by atoms with Crippen molar-refractivity contribution in [3.63, 3.8) is 0 Å². The average Bonchev–Trinajstić information content (AvgIpc) is 2.95. The van der Waals surface area contributed by atoms with Crippen LogP contribution in [0.25, 0.3) is 0 Å². The van der Waals surface area contributed by atoms with Gasteiger partial charge in [-0.2, -0.15) is 0 Å². The zero-order chi connectivity index (χ0) is 15.4. The Bertz CT molecular complexity index is 655. The van der Waals surface area contributed by atoms with Crippen molar-refractivity contribution in [2.75, 3.05) is 0 Å². The summed E-state index contributed by atoms with van der Waals surface area (Å²) in [4.78, 5) is 29.1. The molecule has 112 valence electrons. The number of rotatable bonds is 3. The fourth-order valence-electron chi connectivity index (χ4n) is 1.23. The van der Waals surface area contributed by atoms with E-state index in [1.807, 2.05) is 0 Å². The smallest absolute Gasteiger partial charge is 0.356 e. The van der Waals surface area contributed by atoms with Gasteiger partial charge in [-0.1, -0.05) is 0 Å². The van der Waals surface area contributed by atoms with E-state index >= 15 is 0 Å². The third-order valence-electron chi connectivity index (χ3n) is 2.38. The van der Waals surface area contributed by atoms with E-state index in [0.717, 1.165) is 16.6 Å². The molecular weight excluding hydrogens is 446 g/mol. The Kier molecular flexibility index (Phi) is 5.85. The minimum absolute atomic E-state index is 0.0642. The van der Waals surface area contributed by atoms with Gasteiger partial charge in [-0.3, -0.25) is 4.79 Å². The van der Waals surface area contributed by atoms with E-state index in [4.69, 9.17) is 5.11 Å². The van der Waals surface area contributed by atoms with E-state index in [9.17, 15) is 9.59 Å². The van der Waals surface area contributed by atoms with Gasteiger partial charge in [-0.25, -0.2) is 14.8 Å². The second kappa shape index (κ2) is 7.43. The Balaban J connectivity index is 0.000000161. The highest BCUT2D eigenvalue weighted by atomic mass is 79.9. The Morgan fingerprint density at radius 1 is 1.14 bits per heavy atom. The first-order valence-corrected chi connectivity index (χ1v) is 9.05. The second-order valence-electron chi connectivity index (χ2n) is 4.00. The van der Waals surface area contributed by atoms with Crippen LogP contribution in [0.5, 0.6) is 0 Å². The molecule has 2 aromatic heterocycles. The first kappa shape index (κ1) is 16.5. The average molecular weight is 455 g/mol. The van der Waals surface area contributed by atoms with E-state index in [1.165, 1.54) is 28.2 Å². The zero-order valence-electron chi connectivity index (χ0n) is 10.4. The maximum atomic E-state index is 11.4. The molecule has 0 spiro atoms. The molecule has 0 atom stereocenters. The van der Waals surface area contributed by atoms with Gasteiger partial charge in [0.1, 0.15) is 7.57 Å². The molecule has 1 aliphatic carbocycles. The molecule has 1 fully saturated rings. The molecule has 0 bridgehead atoms. The number of carbonyl (C=O) groups excluding carboxylic acids is 1. The molecule has 1 saturated carbocycles. The molecule has 6 nitrogen and oxygen atoms in total. The topological polar surface area (TPSA) is 92.2 Å². The summed E-state index contributed by atoms with van der Waals surface area (Å²) in [7, 11) is 0. The number of hydrogen-bond donors (Lipinski definition) is 2. The van der Waals surface area contributed by atoms with E-state index in [0.29, 0.717) is 15.5 Å². The van der Waals surface area contributed by atoms with Crippen molar-refractivity contribution in [1.82, 2.24) is 15.3 Å². The Morgan fingerprint density at radius 3 is 2.00 bits per heavy atom. The van der Waals surface area contributed by atoms with E-state index in [-0.39, 0.29) is 11.6 Å². The van der Waals surface area contributed by atoms with Crippen LogP contribution in [-0.2, 0) is 0 Å². The molecule has 1 aliphatic rings. The standard InChI is InChI=1S/C7H7BrN2OS.C4H2BrNO2S/c8-6-5(9-3-12-6)7(11)10-4-1-2-4;5-3-2(4(7)8)6-1-9-3/h3-4H,1-2H2,(H,10,11);1H,(H,7,8). The van der Waals surface area contributed by atoms with Gasteiger partial charge < -0.3 is 10.4 Å². The Morgan fingerprint density at radius 2 is 1.67 bits per heavy atom. The molecule has 0 radical (unpaired) electrons. The molecule has 1 amide bonds. The number of hydrogen-bond acceptors (Lipinski definition) is 6. The summed E-state index contributed by atoms with van der Waals surface area (Å²) >= 11 is 9.00. The van der Waals surface area contributed by atoms with Crippen LogP contribution in [0.15, 0.2) is 18.6 Å². The van der Waals surface area contributed by atoms with Crippen LogP contribution in [0, 0.1) is 0 Å². The van der Waals surface area contributed by atoms with Crippen LogP contribution in [0.1, 0.15) is 33.8 Å². The lowest BCUT2D eigenvalue weighted by Gasteiger charge is -1.98. The van der Waals surface area contributed by atoms with Gasteiger partial charge in [-0.05, 0) is 44.7 Å². The van der Waals surface area contributed by atoms with Gasteiger partial charge in [0.2, 0.25) is 0 Å². The summed E-state index contributed by atoms with van der Waals surface area (Å²) in [6.45, 7) is 0. The van der Waals surface area contributed by atoms with Gasteiger partial charge in [0.05, 0.1) is 11.0 Å². The van der Waals surface area contributed by atoms with Crippen molar-refractivity contribution in [2.24, 2.45) is 0 Å². The molecule has 2 N–H and O–H groups in total. The van der Waals surface area contributed by atoms with Crippen molar-refractivity contribution < 1.29 is 14.7 Å². The van der Waals surface area contributed by atoms with Crippen LogP contribution >= 0.6 is 54.5 Å². The number of amides is 1. The van der Waals surface area contributed by atoms with E-state index < -0.39 is 5.97 Å². The quantitative estimate of drug-likeness (QED) is 0.741. The number of thiazole rings is 2. The van der Waals surface area contributed by atoms with E-state index in [1.54, 1.807) is 5.51 Å². The third-order valence-corrected chi connectivity index (χ3v) is 5.47. The summed E-state index contributed by atoms with van der Waals surface area (Å²) in [6, 6.07) is 0.395. The molecule has 21 heavy (non-hydrogen) atoms. The third kappa shape index (κ3) is 4.83. The number of carbonyl (C=O) groups is 2. The molecule has 0 aromatic carbocycles. The van der Waals surface area contributed by atoms with Crippen LogP contribution in [0.2, 0.25) is 0 Å². The predicted molar refractivity (Wildman–Crippen MR) is 87.1 cm³/mol. The van der Waals surface area contributed by atoms with Crippen molar-refractivity contribution in [1.29, 1.82) is 0 Å². The summed E-state index contributed by atoms with van der Waals surface area (Å²) < 4.78 is 1.37. The number of aromatic nitrogens is 2. The number of aromatic carboxylic acids is 1. The molecule has 0 aliphatic heterocycles.